The summed E-state index contributed by atoms with van der Waals surface area (Å²) in [6.07, 6.45) is 4.37. The lowest BCUT2D eigenvalue weighted by molar-refractivity contribution is -0.00885. The van der Waals surface area contributed by atoms with E-state index in [-0.39, 0.29) is 24.1 Å². The summed E-state index contributed by atoms with van der Waals surface area (Å²) in [6, 6.07) is 5.97. The number of likely N-dealkylation sites (tertiary alicyclic amines) is 1. The van der Waals surface area contributed by atoms with Crippen molar-refractivity contribution < 1.29 is 23.8 Å². The van der Waals surface area contributed by atoms with E-state index in [0.717, 1.165) is 50.0 Å². The maximum Gasteiger partial charge on any atom is 0.406 e. The highest BCUT2D eigenvalue weighted by Gasteiger charge is 2.32. The number of benzene rings is 1. The summed E-state index contributed by atoms with van der Waals surface area (Å²) in [6.45, 7) is 6.24. The van der Waals surface area contributed by atoms with Gasteiger partial charge >= 0.3 is 12.1 Å². The molecule has 2 aliphatic rings. The fourth-order valence-corrected chi connectivity index (χ4v) is 5.45. The molecule has 4 atom stereocenters. The molecule has 0 saturated carbocycles. The number of hydrogen-bond donors (Lipinski definition) is 3. The van der Waals surface area contributed by atoms with Gasteiger partial charge in [-0.2, -0.15) is 0 Å². The van der Waals surface area contributed by atoms with Crippen LogP contribution in [0, 0.1) is 18.8 Å². The van der Waals surface area contributed by atoms with Gasteiger partial charge in [-0.1, -0.05) is 17.7 Å². The lowest BCUT2D eigenvalue weighted by Crippen LogP contribution is -2.50. The Balaban J connectivity index is 1.60. The monoisotopic (exact) mass is 538 g/mol. The van der Waals surface area contributed by atoms with Crippen molar-refractivity contribution in [1.29, 1.82) is 0 Å². The lowest BCUT2D eigenvalue weighted by atomic mass is 9.86. The van der Waals surface area contributed by atoms with Gasteiger partial charge < -0.3 is 35.1 Å². The molecule has 3 N–H and O–H groups in total. The number of carbonyl (C=O) groups excluding carboxylic acids is 2. The van der Waals surface area contributed by atoms with Gasteiger partial charge in [0.2, 0.25) is 0 Å². The zero-order valence-electron chi connectivity index (χ0n) is 22.4. The SMILES string of the molecule is CN[C@@H](CNC(=O)N1CCCC(C(OCCNC(=O)OC)c2cc(Cl)ccc2C)C1)CC1CCCOC1. The predicted molar refractivity (Wildman–Crippen MR) is 144 cm³/mol. The first-order chi connectivity index (χ1) is 17.9. The van der Waals surface area contributed by atoms with Crippen molar-refractivity contribution >= 4 is 23.7 Å². The summed E-state index contributed by atoms with van der Waals surface area (Å²) in [5.74, 6) is 0.643. The number of methoxy groups -OCH3 is 1. The van der Waals surface area contributed by atoms with Gasteiger partial charge in [-0.05, 0) is 75.3 Å². The topological polar surface area (TPSA) is 101 Å². The minimum atomic E-state index is -0.490. The molecular weight excluding hydrogens is 496 g/mol. The zero-order chi connectivity index (χ0) is 26.6. The predicted octanol–water partition coefficient (Wildman–Crippen LogP) is 3.89. The van der Waals surface area contributed by atoms with E-state index < -0.39 is 6.09 Å². The van der Waals surface area contributed by atoms with E-state index in [1.807, 2.05) is 37.1 Å². The molecule has 1 aromatic rings. The van der Waals surface area contributed by atoms with Crippen molar-refractivity contribution in [3.05, 3.63) is 34.3 Å². The van der Waals surface area contributed by atoms with Gasteiger partial charge in [0.1, 0.15) is 0 Å². The quantitative estimate of drug-likeness (QED) is 0.370. The number of aryl methyl sites for hydroxylation is 1. The van der Waals surface area contributed by atoms with Crippen LogP contribution in [-0.2, 0) is 14.2 Å². The van der Waals surface area contributed by atoms with Gasteiger partial charge in [-0.3, -0.25) is 0 Å². The number of alkyl carbamates (subject to hydrolysis) is 1. The highest BCUT2D eigenvalue weighted by molar-refractivity contribution is 6.30. The molecule has 0 radical (unpaired) electrons. The molecule has 2 aliphatic heterocycles. The molecule has 2 heterocycles. The largest absolute Gasteiger partial charge is 0.453 e. The number of nitrogens with one attached hydrogen (secondary N) is 3. The number of halogens is 1. The van der Waals surface area contributed by atoms with E-state index in [1.54, 1.807) is 0 Å². The van der Waals surface area contributed by atoms with Crippen LogP contribution in [0.4, 0.5) is 9.59 Å². The second-order valence-electron chi connectivity index (χ2n) is 10.0. The standard InChI is InChI=1S/C27H43ClN4O5/c1-19-8-9-22(28)15-24(19)25(37-13-10-30-27(34)35-3)21-7-4-11-32(17-21)26(33)31-16-23(29-2)14-20-6-5-12-36-18-20/h8-9,15,20-21,23,25,29H,4-7,10-14,16-18H2,1-3H3,(H,30,34)(H,31,33)/t20?,21?,23-,25?/m1/s1. The van der Waals surface area contributed by atoms with E-state index in [0.29, 0.717) is 43.7 Å². The molecule has 3 amide bonds. The van der Waals surface area contributed by atoms with Crippen molar-refractivity contribution in [2.75, 3.05) is 60.2 Å². The molecule has 37 heavy (non-hydrogen) atoms. The number of hydrogen-bond acceptors (Lipinski definition) is 6. The van der Waals surface area contributed by atoms with E-state index in [1.165, 1.54) is 13.5 Å². The van der Waals surface area contributed by atoms with Crippen LogP contribution in [0.25, 0.3) is 0 Å². The van der Waals surface area contributed by atoms with Crippen molar-refractivity contribution in [2.45, 2.75) is 51.2 Å². The summed E-state index contributed by atoms with van der Waals surface area (Å²) in [4.78, 5) is 26.5. The number of nitrogens with zero attached hydrogens (tertiary/aromatic N) is 1. The van der Waals surface area contributed by atoms with Crippen LogP contribution in [0.2, 0.25) is 5.02 Å². The summed E-state index contributed by atoms with van der Waals surface area (Å²) in [7, 11) is 3.28. The number of carbonyl (C=O) groups is 2. The Kier molecular flexibility index (Phi) is 12.2. The number of ether oxygens (including phenoxy) is 3. The lowest BCUT2D eigenvalue weighted by Gasteiger charge is -2.38. The first kappa shape index (κ1) is 29.5. The molecule has 1 aromatic carbocycles. The van der Waals surface area contributed by atoms with Crippen molar-refractivity contribution in [3.63, 3.8) is 0 Å². The number of amides is 3. The second-order valence-corrected chi connectivity index (χ2v) is 10.5. The first-order valence-corrected chi connectivity index (χ1v) is 13.8. The van der Waals surface area contributed by atoms with Crippen LogP contribution < -0.4 is 16.0 Å². The van der Waals surface area contributed by atoms with E-state index in [9.17, 15) is 9.59 Å². The molecule has 0 aromatic heterocycles. The molecule has 0 spiro atoms. The number of likely N-dealkylation sites (N-methyl/N-ethyl adjacent to an activating group) is 1. The minimum Gasteiger partial charge on any atom is -0.453 e. The van der Waals surface area contributed by atoms with Crippen LogP contribution in [0.3, 0.4) is 0 Å². The Bertz CT molecular complexity index is 867. The minimum absolute atomic E-state index is 0.0428. The molecule has 3 unspecified atom stereocenters. The normalized spacial score (nSPS) is 21.7. The summed E-state index contributed by atoms with van der Waals surface area (Å²) in [5, 5.41) is 9.80. The number of rotatable bonds is 11. The van der Waals surface area contributed by atoms with Crippen LogP contribution >= 0.6 is 11.6 Å². The number of piperidine rings is 1. The van der Waals surface area contributed by atoms with Crippen LogP contribution in [0.1, 0.15) is 49.3 Å². The highest BCUT2D eigenvalue weighted by atomic mass is 35.5. The smallest absolute Gasteiger partial charge is 0.406 e. The molecular formula is C27H43ClN4O5. The molecule has 0 bridgehead atoms. The highest BCUT2D eigenvalue weighted by Crippen LogP contribution is 2.35. The third-order valence-electron chi connectivity index (χ3n) is 7.36. The molecule has 2 saturated heterocycles. The Morgan fingerprint density at radius 2 is 2.08 bits per heavy atom. The molecule has 3 rings (SSSR count). The van der Waals surface area contributed by atoms with Crippen LogP contribution in [0.15, 0.2) is 18.2 Å². The third-order valence-corrected chi connectivity index (χ3v) is 7.59. The van der Waals surface area contributed by atoms with Gasteiger partial charge in [0.25, 0.3) is 0 Å². The second kappa shape index (κ2) is 15.4. The molecule has 10 heteroatoms. The Morgan fingerprint density at radius 1 is 1.24 bits per heavy atom. The Hall–Kier alpha value is -2.07. The van der Waals surface area contributed by atoms with Crippen molar-refractivity contribution in [2.24, 2.45) is 11.8 Å². The Morgan fingerprint density at radius 3 is 2.81 bits per heavy atom. The maximum absolute atomic E-state index is 13.1. The van der Waals surface area contributed by atoms with Crippen LogP contribution in [0.5, 0.6) is 0 Å². The fraction of sp³-hybridized carbons (Fsp3) is 0.704. The number of urea groups is 1. The Labute approximate surface area is 225 Å². The van der Waals surface area contributed by atoms with Crippen LogP contribution in [-0.4, -0.2) is 83.2 Å². The van der Waals surface area contributed by atoms with Crippen molar-refractivity contribution in [3.8, 4) is 0 Å². The van der Waals surface area contributed by atoms with Gasteiger partial charge in [0, 0.05) is 56.4 Å². The van der Waals surface area contributed by atoms with Crippen molar-refractivity contribution in [1.82, 2.24) is 20.9 Å². The average Bonchev–Trinajstić information content (AvgIpc) is 2.92. The molecule has 208 valence electrons. The van der Waals surface area contributed by atoms with Gasteiger partial charge in [0.05, 0.1) is 19.8 Å². The zero-order valence-corrected chi connectivity index (χ0v) is 23.1. The van der Waals surface area contributed by atoms with E-state index >= 15 is 0 Å². The maximum atomic E-state index is 13.1. The molecule has 2 fully saturated rings. The van der Waals surface area contributed by atoms with E-state index in [2.05, 4.69) is 20.7 Å². The fourth-order valence-electron chi connectivity index (χ4n) is 5.27. The van der Waals surface area contributed by atoms with Gasteiger partial charge in [0.15, 0.2) is 0 Å². The van der Waals surface area contributed by atoms with Gasteiger partial charge in [-0.15, -0.1) is 0 Å². The summed E-state index contributed by atoms with van der Waals surface area (Å²) in [5.41, 5.74) is 2.10. The van der Waals surface area contributed by atoms with E-state index in [4.69, 9.17) is 21.1 Å². The van der Waals surface area contributed by atoms with Gasteiger partial charge in [-0.25, -0.2) is 9.59 Å². The summed E-state index contributed by atoms with van der Waals surface area (Å²) >= 11 is 6.34. The summed E-state index contributed by atoms with van der Waals surface area (Å²) < 4.78 is 16.6. The average molecular weight is 539 g/mol. The molecule has 0 aliphatic carbocycles. The first-order valence-electron chi connectivity index (χ1n) is 13.4. The molecule has 9 nitrogen and oxygen atoms in total. The third kappa shape index (κ3) is 9.32.